The van der Waals surface area contributed by atoms with E-state index >= 15 is 0 Å². The molecule has 0 aliphatic heterocycles. The Bertz CT molecular complexity index is 524. The van der Waals surface area contributed by atoms with Gasteiger partial charge in [0.2, 0.25) is 11.6 Å². The van der Waals surface area contributed by atoms with Gasteiger partial charge in [-0.1, -0.05) is 12.1 Å². The molecule has 1 N–H and O–H groups in total. The molecule has 0 radical (unpaired) electrons. The van der Waals surface area contributed by atoms with Crippen molar-refractivity contribution in [1.82, 2.24) is 0 Å². The quantitative estimate of drug-likeness (QED) is 0.605. The zero-order valence-electron chi connectivity index (χ0n) is 8.56. The second-order valence-corrected chi connectivity index (χ2v) is 3.60. The smallest absolute Gasteiger partial charge is 0.233 e. The molecule has 0 unspecified atom stereocenters. The van der Waals surface area contributed by atoms with E-state index in [1.54, 1.807) is 24.3 Å². The highest BCUT2D eigenvalue weighted by atomic mass is 16.3. The van der Waals surface area contributed by atoms with Crippen molar-refractivity contribution in [3.8, 4) is 0 Å². The normalized spacial score (nSPS) is 14.4. The molecule has 0 heterocycles. The maximum Gasteiger partial charge on any atom is 0.233 e. The summed E-state index contributed by atoms with van der Waals surface area (Å²) in [5.74, 6) is -1.40. The highest BCUT2D eigenvalue weighted by Gasteiger charge is 2.25. The molecule has 0 bridgehead atoms. The highest BCUT2D eigenvalue weighted by molar-refractivity contribution is 6.50. The van der Waals surface area contributed by atoms with Gasteiger partial charge >= 0.3 is 0 Å². The molecular formula is C13H10O3. The van der Waals surface area contributed by atoms with Gasteiger partial charge in [0.05, 0.1) is 0 Å². The van der Waals surface area contributed by atoms with Crippen molar-refractivity contribution in [2.45, 2.75) is 6.42 Å². The van der Waals surface area contributed by atoms with Crippen molar-refractivity contribution in [2.75, 3.05) is 0 Å². The zero-order chi connectivity index (χ0) is 11.7. The summed E-state index contributed by atoms with van der Waals surface area (Å²) in [4.78, 5) is 22.7. The third kappa shape index (κ3) is 1.56. The van der Waals surface area contributed by atoms with E-state index in [0.717, 1.165) is 11.6 Å². The van der Waals surface area contributed by atoms with Crippen LogP contribution in [0, 0.1) is 0 Å². The number of carbonyl (C=O) groups is 2. The Morgan fingerprint density at radius 3 is 2.69 bits per heavy atom. The summed E-state index contributed by atoms with van der Waals surface area (Å²) >= 11 is 0. The summed E-state index contributed by atoms with van der Waals surface area (Å²) < 4.78 is 0. The second kappa shape index (κ2) is 3.77. The third-order valence-electron chi connectivity index (χ3n) is 2.48. The monoisotopic (exact) mass is 214 g/mol. The maximum absolute atomic E-state index is 11.5. The molecule has 1 aliphatic carbocycles. The van der Waals surface area contributed by atoms with Gasteiger partial charge in [0.15, 0.2) is 0 Å². The fourth-order valence-electron chi connectivity index (χ4n) is 1.70. The van der Waals surface area contributed by atoms with Crippen LogP contribution in [0.15, 0.2) is 36.9 Å². The number of hydrogen-bond donors (Lipinski definition) is 1. The van der Waals surface area contributed by atoms with Crippen molar-refractivity contribution < 1.29 is 14.7 Å². The fourth-order valence-corrected chi connectivity index (χ4v) is 1.70. The largest absolute Gasteiger partial charge is 0.507 e. The zero-order valence-corrected chi connectivity index (χ0v) is 8.56. The number of ketones is 2. The molecule has 2 rings (SSSR count). The summed E-state index contributed by atoms with van der Waals surface area (Å²) in [7, 11) is 0. The Hall–Kier alpha value is -2.16. The molecule has 80 valence electrons. The molecule has 1 aromatic carbocycles. The fraction of sp³-hybridized carbons (Fsp3) is 0.0769. The van der Waals surface area contributed by atoms with Crippen molar-refractivity contribution in [3.63, 3.8) is 0 Å². The van der Waals surface area contributed by atoms with Crippen LogP contribution in [-0.4, -0.2) is 16.7 Å². The molecule has 0 atom stereocenters. The van der Waals surface area contributed by atoms with Crippen LogP contribution in [0.3, 0.4) is 0 Å². The molecule has 0 amide bonds. The van der Waals surface area contributed by atoms with E-state index in [-0.39, 0.29) is 11.3 Å². The van der Waals surface area contributed by atoms with Gasteiger partial charge in [-0.15, -0.1) is 6.58 Å². The lowest BCUT2D eigenvalue weighted by Crippen LogP contribution is -2.18. The van der Waals surface area contributed by atoms with E-state index in [1.807, 2.05) is 0 Å². The summed E-state index contributed by atoms with van der Waals surface area (Å²) in [6.45, 7) is 3.62. The first-order valence-corrected chi connectivity index (χ1v) is 4.87. The molecule has 0 saturated carbocycles. The first kappa shape index (κ1) is 10.4. The van der Waals surface area contributed by atoms with Gasteiger partial charge < -0.3 is 5.11 Å². The van der Waals surface area contributed by atoms with Gasteiger partial charge in [0.1, 0.15) is 5.76 Å². The van der Waals surface area contributed by atoms with Gasteiger partial charge in [-0.05, 0) is 24.1 Å². The Morgan fingerprint density at radius 2 is 2.00 bits per heavy atom. The minimum Gasteiger partial charge on any atom is -0.507 e. The molecular weight excluding hydrogens is 204 g/mol. The molecule has 0 spiro atoms. The molecule has 16 heavy (non-hydrogen) atoms. The minimum atomic E-state index is -0.679. The lowest BCUT2D eigenvalue weighted by molar-refractivity contribution is -0.111. The van der Waals surface area contributed by atoms with Crippen molar-refractivity contribution >= 4 is 17.3 Å². The first-order valence-electron chi connectivity index (χ1n) is 4.87. The van der Waals surface area contributed by atoms with Crippen molar-refractivity contribution in [3.05, 3.63) is 53.6 Å². The molecule has 0 fully saturated rings. The standard InChI is InChI=1S/C13H10O3/c1-2-3-8-4-5-9-10(6-8)11(14)7-12(15)13(9)16/h2,4-7,14H,1,3H2. The van der Waals surface area contributed by atoms with Crippen LogP contribution >= 0.6 is 0 Å². The van der Waals surface area contributed by atoms with Crippen LogP contribution in [0.25, 0.3) is 5.76 Å². The van der Waals surface area contributed by atoms with Crippen molar-refractivity contribution in [1.29, 1.82) is 0 Å². The van der Waals surface area contributed by atoms with Crippen LogP contribution in [0.5, 0.6) is 0 Å². The van der Waals surface area contributed by atoms with Crippen LogP contribution in [-0.2, 0) is 11.2 Å². The van der Waals surface area contributed by atoms with Gasteiger partial charge in [0, 0.05) is 17.2 Å². The Labute approximate surface area is 92.7 Å². The average Bonchev–Trinajstić information content (AvgIpc) is 2.27. The number of fused-ring (bicyclic) bond motifs is 1. The number of aliphatic hydroxyl groups excluding tert-OH is 1. The number of rotatable bonds is 2. The van der Waals surface area contributed by atoms with Gasteiger partial charge in [-0.2, -0.15) is 0 Å². The Kier molecular flexibility index (Phi) is 2.44. The lowest BCUT2D eigenvalue weighted by atomic mass is 9.92. The lowest BCUT2D eigenvalue weighted by Gasteiger charge is -2.12. The van der Waals surface area contributed by atoms with E-state index < -0.39 is 11.6 Å². The van der Waals surface area contributed by atoms with E-state index in [0.29, 0.717) is 12.0 Å². The summed E-state index contributed by atoms with van der Waals surface area (Å²) in [5.41, 5.74) is 1.62. The maximum atomic E-state index is 11.5. The topological polar surface area (TPSA) is 54.4 Å². The first-order chi connectivity index (χ1) is 7.63. The van der Waals surface area contributed by atoms with E-state index in [1.165, 1.54) is 0 Å². The Morgan fingerprint density at radius 1 is 1.25 bits per heavy atom. The van der Waals surface area contributed by atoms with Crippen molar-refractivity contribution in [2.24, 2.45) is 0 Å². The minimum absolute atomic E-state index is 0.148. The molecule has 1 aromatic rings. The van der Waals surface area contributed by atoms with E-state index in [9.17, 15) is 14.7 Å². The molecule has 0 aromatic heterocycles. The van der Waals surface area contributed by atoms with Crippen LogP contribution in [0.4, 0.5) is 0 Å². The van der Waals surface area contributed by atoms with Gasteiger partial charge in [-0.25, -0.2) is 0 Å². The SMILES string of the molecule is C=CCc1ccc2c(c1)C(O)=CC(=O)C2=O. The van der Waals surface area contributed by atoms with Gasteiger partial charge in [-0.3, -0.25) is 9.59 Å². The number of benzene rings is 1. The number of hydrogen-bond acceptors (Lipinski definition) is 3. The number of Topliss-reactive ketones (excluding diaryl/α,β-unsaturated/α-hetero) is 1. The molecule has 1 aliphatic rings. The number of aliphatic hydroxyl groups is 1. The predicted octanol–water partition coefficient (Wildman–Crippen LogP) is 2.08. The predicted molar refractivity (Wildman–Crippen MR) is 60.3 cm³/mol. The Balaban J connectivity index is 2.57. The molecule has 0 saturated heterocycles. The summed E-state index contributed by atoms with van der Waals surface area (Å²) in [6, 6.07) is 5.02. The second-order valence-electron chi connectivity index (χ2n) is 3.60. The summed E-state index contributed by atoms with van der Waals surface area (Å²) in [6.07, 6.45) is 3.35. The van der Waals surface area contributed by atoms with Crippen LogP contribution in [0.1, 0.15) is 21.5 Å². The highest BCUT2D eigenvalue weighted by Crippen LogP contribution is 2.24. The molecule has 3 heteroatoms. The third-order valence-corrected chi connectivity index (χ3v) is 2.48. The number of carbonyl (C=O) groups excluding carboxylic acids is 2. The van der Waals surface area contributed by atoms with E-state index in [4.69, 9.17) is 0 Å². The van der Waals surface area contributed by atoms with Gasteiger partial charge in [0.25, 0.3) is 0 Å². The number of allylic oxidation sites excluding steroid dienone is 2. The van der Waals surface area contributed by atoms with Crippen LogP contribution < -0.4 is 0 Å². The summed E-state index contributed by atoms with van der Waals surface area (Å²) in [5, 5.41) is 9.60. The van der Waals surface area contributed by atoms with Crippen LogP contribution in [0.2, 0.25) is 0 Å². The average molecular weight is 214 g/mol. The molecule has 3 nitrogen and oxygen atoms in total. The van der Waals surface area contributed by atoms with E-state index in [2.05, 4.69) is 6.58 Å².